The molecule has 2 heterocycles. The molecule has 3 rings (SSSR count). The summed E-state index contributed by atoms with van der Waals surface area (Å²) in [6.45, 7) is 0.771. The number of thiocarbonyl (C=S) groups is 1. The highest BCUT2D eigenvalue weighted by molar-refractivity contribution is 7.80. The molecule has 0 atom stereocenters. The van der Waals surface area contributed by atoms with Crippen LogP contribution in [0, 0.1) is 0 Å². The molecule has 4 nitrogen and oxygen atoms in total. The number of pyridine rings is 1. The van der Waals surface area contributed by atoms with E-state index in [-0.39, 0.29) is 0 Å². The minimum atomic E-state index is 0.351. The highest BCUT2D eigenvalue weighted by Crippen LogP contribution is 2.25. The van der Waals surface area contributed by atoms with Crippen molar-refractivity contribution in [2.24, 2.45) is 5.73 Å². The van der Waals surface area contributed by atoms with E-state index in [9.17, 15) is 0 Å². The van der Waals surface area contributed by atoms with Crippen LogP contribution < -0.4 is 11.1 Å². The predicted molar refractivity (Wildman–Crippen MR) is 91.9 cm³/mol. The van der Waals surface area contributed by atoms with Gasteiger partial charge in [-0.2, -0.15) is 0 Å². The number of aromatic nitrogens is 2. The Morgan fingerprint density at radius 1 is 1.29 bits per heavy atom. The topological polar surface area (TPSA) is 63.8 Å². The molecule has 6 heteroatoms. The van der Waals surface area contributed by atoms with E-state index in [1.807, 2.05) is 29.8 Å². The van der Waals surface area contributed by atoms with E-state index in [2.05, 4.69) is 20.7 Å². The van der Waals surface area contributed by atoms with Crippen molar-refractivity contribution in [1.82, 2.24) is 9.97 Å². The molecule has 0 saturated carbocycles. The van der Waals surface area contributed by atoms with E-state index >= 15 is 0 Å². The van der Waals surface area contributed by atoms with Crippen LogP contribution in [0.15, 0.2) is 41.4 Å². The van der Waals surface area contributed by atoms with Crippen LogP contribution in [0.4, 0.5) is 5.69 Å². The molecule has 0 aliphatic heterocycles. The molecule has 0 radical (unpaired) electrons. The minimum Gasteiger partial charge on any atom is -0.389 e. The van der Waals surface area contributed by atoms with Crippen LogP contribution in [0.3, 0.4) is 0 Å². The molecule has 0 amide bonds. The maximum absolute atomic E-state index is 5.81. The summed E-state index contributed by atoms with van der Waals surface area (Å²) in [5.41, 5.74) is 11.4. The van der Waals surface area contributed by atoms with Gasteiger partial charge >= 0.3 is 0 Å². The highest BCUT2D eigenvalue weighted by atomic mass is 32.1. The molecule has 0 spiro atoms. The summed E-state index contributed by atoms with van der Waals surface area (Å²) in [5.74, 6) is 0. The summed E-state index contributed by atoms with van der Waals surface area (Å²) in [6, 6.07) is 7.95. The zero-order valence-electron chi connectivity index (χ0n) is 11.2. The van der Waals surface area contributed by atoms with E-state index in [1.165, 1.54) is 0 Å². The van der Waals surface area contributed by atoms with Crippen LogP contribution in [-0.4, -0.2) is 21.5 Å². The van der Waals surface area contributed by atoms with Crippen molar-refractivity contribution >= 4 is 45.1 Å². The minimum absolute atomic E-state index is 0.351. The van der Waals surface area contributed by atoms with Gasteiger partial charge in [0.15, 0.2) is 0 Å². The van der Waals surface area contributed by atoms with E-state index < -0.39 is 0 Å². The first-order valence-electron chi connectivity index (χ1n) is 6.54. The Balaban J connectivity index is 1.90. The molecule has 0 fully saturated rings. The number of fused-ring (bicyclic) bond motifs is 1. The molecule has 106 valence electrons. The fourth-order valence-corrected chi connectivity index (χ4v) is 2.94. The van der Waals surface area contributed by atoms with Crippen LogP contribution in [-0.2, 0) is 6.42 Å². The van der Waals surface area contributed by atoms with Crippen molar-refractivity contribution in [1.29, 1.82) is 0 Å². The van der Waals surface area contributed by atoms with Crippen LogP contribution in [0.2, 0.25) is 0 Å². The fraction of sp³-hybridized carbons (Fsp3) is 0.133. The third kappa shape index (κ3) is 3.01. The molecule has 0 aliphatic rings. The fourth-order valence-electron chi connectivity index (χ4n) is 2.20. The lowest BCUT2D eigenvalue weighted by atomic mass is 10.1. The largest absolute Gasteiger partial charge is 0.389 e. The summed E-state index contributed by atoms with van der Waals surface area (Å²) in [5, 5.41) is 6.52. The second kappa shape index (κ2) is 6.15. The first kappa shape index (κ1) is 13.9. The van der Waals surface area contributed by atoms with E-state index in [0.29, 0.717) is 4.99 Å². The number of rotatable bonds is 5. The lowest BCUT2D eigenvalue weighted by Crippen LogP contribution is -2.15. The Kier molecular flexibility index (Phi) is 4.08. The third-order valence-electron chi connectivity index (χ3n) is 3.21. The number of benzene rings is 1. The second-order valence-electron chi connectivity index (χ2n) is 4.58. The lowest BCUT2D eigenvalue weighted by molar-refractivity contribution is 0.978. The maximum Gasteiger partial charge on any atom is 0.107 e. The van der Waals surface area contributed by atoms with Gasteiger partial charge < -0.3 is 11.1 Å². The van der Waals surface area contributed by atoms with Crippen molar-refractivity contribution < 1.29 is 0 Å². The summed E-state index contributed by atoms with van der Waals surface area (Å²) < 4.78 is 0. The molecule has 0 aliphatic carbocycles. The van der Waals surface area contributed by atoms with Crippen LogP contribution >= 0.6 is 23.6 Å². The number of anilines is 1. The Morgan fingerprint density at radius 2 is 2.14 bits per heavy atom. The number of hydrogen-bond acceptors (Lipinski definition) is 5. The molecule has 0 unspecified atom stereocenters. The number of nitrogens with two attached hydrogens (primary N) is 1. The zero-order chi connectivity index (χ0) is 14.7. The van der Waals surface area contributed by atoms with Gasteiger partial charge in [-0.05, 0) is 6.07 Å². The van der Waals surface area contributed by atoms with E-state index in [1.54, 1.807) is 17.5 Å². The molecular formula is C15H14N4S2. The molecule has 3 N–H and O–H groups in total. The Hall–Kier alpha value is -2.05. The second-order valence-corrected chi connectivity index (χ2v) is 5.74. The van der Waals surface area contributed by atoms with Crippen molar-refractivity contribution in [3.8, 4) is 0 Å². The summed E-state index contributed by atoms with van der Waals surface area (Å²) >= 11 is 6.74. The average molecular weight is 314 g/mol. The van der Waals surface area contributed by atoms with Gasteiger partial charge in [0.2, 0.25) is 0 Å². The zero-order valence-corrected chi connectivity index (χ0v) is 12.9. The van der Waals surface area contributed by atoms with E-state index in [0.717, 1.165) is 40.8 Å². The number of para-hydroxylation sites is 1. The van der Waals surface area contributed by atoms with Gasteiger partial charge in [-0.25, -0.2) is 4.98 Å². The van der Waals surface area contributed by atoms with Crippen LogP contribution in [0.1, 0.15) is 11.3 Å². The Bertz CT molecular complexity index is 768. The number of nitrogens with zero attached hydrogens (tertiary/aromatic N) is 2. The standard InChI is InChI=1S/C15H14N4S2/c16-15(20)12-7-18-13-4-2-1-3-11(13)14(12)17-6-5-10-8-21-9-19-10/h1-4,7-9H,5-6H2,(H2,16,20)(H,17,18). The monoisotopic (exact) mass is 314 g/mol. The molecule has 1 aromatic carbocycles. The SMILES string of the molecule is NC(=S)c1cnc2ccccc2c1NCCc1cscn1. The summed E-state index contributed by atoms with van der Waals surface area (Å²) in [7, 11) is 0. The van der Waals surface area contributed by atoms with Crippen molar-refractivity contribution in [2.45, 2.75) is 6.42 Å². The molecular weight excluding hydrogens is 300 g/mol. The van der Waals surface area contributed by atoms with Gasteiger partial charge in [-0.1, -0.05) is 30.4 Å². The highest BCUT2D eigenvalue weighted by Gasteiger charge is 2.10. The quantitative estimate of drug-likeness (QED) is 0.709. The first-order valence-corrected chi connectivity index (χ1v) is 7.89. The number of thiazole rings is 1. The van der Waals surface area contributed by atoms with Gasteiger partial charge in [0.05, 0.1) is 28.0 Å². The number of hydrogen-bond donors (Lipinski definition) is 2. The van der Waals surface area contributed by atoms with Crippen LogP contribution in [0.25, 0.3) is 10.9 Å². The van der Waals surface area contributed by atoms with Gasteiger partial charge in [0, 0.05) is 29.9 Å². The Morgan fingerprint density at radius 3 is 2.90 bits per heavy atom. The third-order valence-corrected chi connectivity index (χ3v) is 4.06. The van der Waals surface area contributed by atoms with Crippen molar-refractivity contribution in [3.05, 3.63) is 52.6 Å². The summed E-state index contributed by atoms with van der Waals surface area (Å²) in [4.78, 5) is 9.04. The molecule has 0 saturated heterocycles. The predicted octanol–water partition coefficient (Wildman–Crippen LogP) is 2.98. The van der Waals surface area contributed by atoms with Gasteiger partial charge in [-0.3, -0.25) is 4.98 Å². The molecule has 21 heavy (non-hydrogen) atoms. The first-order chi connectivity index (χ1) is 10.3. The average Bonchev–Trinajstić information content (AvgIpc) is 3.00. The molecule has 2 aromatic heterocycles. The van der Waals surface area contributed by atoms with Gasteiger partial charge in [0.1, 0.15) is 4.99 Å². The van der Waals surface area contributed by atoms with E-state index in [4.69, 9.17) is 18.0 Å². The van der Waals surface area contributed by atoms with Crippen molar-refractivity contribution in [2.75, 3.05) is 11.9 Å². The van der Waals surface area contributed by atoms with Gasteiger partial charge in [0.25, 0.3) is 0 Å². The molecule has 0 bridgehead atoms. The Labute approximate surface area is 132 Å². The van der Waals surface area contributed by atoms with Crippen molar-refractivity contribution in [3.63, 3.8) is 0 Å². The maximum atomic E-state index is 5.81. The normalized spacial score (nSPS) is 10.7. The number of nitrogens with one attached hydrogen (secondary N) is 1. The van der Waals surface area contributed by atoms with Gasteiger partial charge in [-0.15, -0.1) is 11.3 Å². The van der Waals surface area contributed by atoms with Crippen LogP contribution in [0.5, 0.6) is 0 Å². The molecule has 3 aromatic rings. The smallest absolute Gasteiger partial charge is 0.107 e. The lowest BCUT2D eigenvalue weighted by Gasteiger charge is -2.13. The summed E-state index contributed by atoms with van der Waals surface area (Å²) in [6.07, 6.45) is 2.59.